The third kappa shape index (κ3) is 2.65. The molecule has 2 aromatic carbocycles. The minimum absolute atomic E-state index is 0.766. The Labute approximate surface area is 114 Å². The summed E-state index contributed by atoms with van der Waals surface area (Å²) in [6.07, 6.45) is 1.68. The van der Waals surface area contributed by atoms with Crippen molar-refractivity contribution in [3.63, 3.8) is 0 Å². The van der Waals surface area contributed by atoms with Crippen LogP contribution >= 0.6 is 0 Å². The maximum Gasteiger partial charge on any atom is 0.132 e. The SMILES string of the molecule is CCc1c(N)cccc1Oc1cccc(N)c1CC. The highest BCUT2D eigenvalue weighted by Gasteiger charge is 2.10. The Kier molecular flexibility index (Phi) is 3.95. The molecule has 2 rings (SSSR count). The molecule has 0 bridgehead atoms. The summed E-state index contributed by atoms with van der Waals surface area (Å²) in [4.78, 5) is 0. The van der Waals surface area contributed by atoms with E-state index in [0.29, 0.717) is 0 Å². The van der Waals surface area contributed by atoms with Gasteiger partial charge in [-0.15, -0.1) is 0 Å². The van der Waals surface area contributed by atoms with Crippen LogP contribution in [0.3, 0.4) is 0 Å². The van der Waals surface area contributed by atoms with Gasteiger partial charge in [-0.1, -0.05) is 26.0 Å². The number of hydrogen-bond donors (Lipinski definition) is 2. The van der Waals surface area contributed by atoms with E-state index in [1.54, 1.807) is 0 Å². The van der Waals surface area contributed by atoms with E-state index >= 15 is 0 Å². The fourth-order valence-electron chi connectivity index (χ4n) is 2.23. The van der Waals surface area contributed by atoms with Crippen LogP contribution < -0.4 is 16.2 Å². The van der Waals surface area contributed by atoms with E-state index in [1.165, 1.54) is 0 Å². The molecule has 0 amide bonds. The summed E-state index contributed by atoms with van der Waals surface area (Å²) in [6.45, 7) is 4.14. The molecule has 3 heteroatoms. The average molecular weight is 256 g/mol. The van der Waals surface area contributed by atoms with Crippen LogP contribution in [0, 0.1) is 0 Å². The minimum Gasteiger partial charge on any atom is -0.457 e. The monoisotopic (exact) mass is 256 g/mol. The molecule has 0 fully saturated rings. The lowest BCUT2D eigenvalue weighted by atomic mass is 10.1. The van der Waals surface area contributed by atoms with Crippen molar-refractivity contribution in [3.8, 4) is 11.5 Å². The Morgan fingerprint density at radius 2 is 1.21 bits per heavy atom. The van der Waals surface area contributed by atoms with Gasteiger partial charge in [0.1, 0.15) is 11.5 Å². The van der Waals surface area contributed by atoms with Crippen LogP contribution in [0.5, 0.6) is 11.5 Å². The van der Waals surface area contributed by atoms with Crippen LogP contribution in [0.15, 0.2) is 36.4 Å². The number of anilines is 2. The summed E-state index contributed by atoms with van der Waals surface area (Å²) >= 11 is 0. The van der Waals surface area contributed by atoms with Crippen LogP contribution in [0.2, 0.25) is 0 Å². The number of rotatable bonds is 4. The summed E-state index contributed by atoms with van der Waals surface area (Å²) in [5.41, 5.74) is 15.6. The third-order valence-electron chi connectivity index (χ3n) is 3.27. The van der Waals surface area contributed by atoms with Crippen molar-refractivity contribution in [3.05, 3.63) is 47.5 Å². The summed E-state index contributed by atoms with van der Waals surface area (Å²) in [6, 6.07) is 11.5. The molecule has 0 aliphatic rings. The van der Waals surface area contributed by atoms with Gasteiger partial charge in [0, 0.05) is 22.5 Å². The molecule has 0 saturated carbocycles. The van der Waals surface area contributed by atoms with Crippen molar-refractivity contribution in [2.24, 2.45) is 0 Å². The van der Waals surface area contributed by atoms with Gasteiger partial charge in [0.25, 0.3) is 0 Å². The predicted octanol–water partition coefficient (Wildman–Crippen LogP) is 3.77. The van der Waals surface area contributed by atoms with Gasteiger partial charge in [-0.05, 0) is 37.1 Å². The zero-order valence-electron chi connectivity index (χ0n) is 11.4. The highest BCUT2D eigenvalue weighted by Crippen LogP contribution is 2.33. The number of nitrogens with two attached hydrogens (primary N) is 2. The van der Waals surface area contributed by atoms with E-state index in [4.69, 9.17) is 16.2 Å². The second-order valence-electron chi connectivity index (χ2n) is 4.46. The van der Waals surface area contributed by atoms with Crippen molar-refractivity contribution < 1.29 is 4.74 Å². The fourth-order valence-corrected chi connectivity index (χ4v) is 2.23. The molecule has 19 heavy (non-hydrogen) atoms. The van der Waals surface area contributed by atoms with Gasteiger partial charge in [0.2, 0.25) is 0 Å². The Morgan fingerprint density at radius 3 is 1.58 bits per heavy atom. The molecule has 0 unspecified atom stereocenters. The van der Waals surface area contributed by atoms with Gasteiger partial charge in [0.15, 0.2) is 0 Å². The minimum atomic E-state index is 0.766. The number of nitrogen functional groups attached to an aromatic ring is 2. The molecule has 4 N–H and O–H groups in total. The maximum absolute atomic E-state index is 6.02. The molecule has 0 atom stereocenters. The molecule has 0 aliphatic carbocycles. The standard InChI is InChI=1S/C16H20N2O/c1-3-11-13(17)7-5-9-15(11)19-16-10-6-8-14(18)12(16)4-2/h5-10H,3-4,17-18H2,1-2H3. The van der Waals surface area contributed by atoms with Crippen molar-refractivity contribution in [2.75, 3.05) is 11.5 Å². The first-order valence-electron chi connectivity index (χ1n) is 6.59. The Bertz CT molecular complexity index is 527. The lowest BCUT2D eigenvalue weighted by Gasteiger charge is -2.15. The van der Waals surface area contributed by atoms with Gasteiger partial charge in [-0.2, -0.15) is 0 Å². The summed E-state index contributed by atoms with van der Waals surface area (Å²) in [7, 11) is 0. The summed E-state index contributed by atoms with van der Waals surface area (Å²) in [5, 5.41) is 0. The zero-order chi connectivity index (χ0) is 13.8. The van der Waals surface area contributed by atoms with E-state index in [1.807, 2.05) is 36.4 Å². The maximum atomic E-state index is 6.02. The van der Waals surface area contributed by atoms with E-state index in [9.17, 15) is 0 Å². The number of ether oxygens (including phenoxy) is 1. The second kappa shape index (κ2) is 5.65. The van der Waals surface area contributed by atoms with Crippen molar-refractivity contribution in [1.29, 1.82) is 0 Å². The summed E-state index contributed by atoms with van der Waals surface area (Å²) < 4.78 is 6.02. The van der Waals surface area contributed by atoms with Gasteiger partial charge in [-0.25, -0.2) is 0 Å². The fraction of sp³-hybridized carbons (Fsp3) is 0.250. The van der Waals surface area contributed by atoms with Crippen molar-refractivity contribution in [1.82, 2.24) is 0 Å². The summed E-state index contributed by atoms with van der Waals surface area (Å²) in [5.74, 6) is 1.62. The van der Waals surface area contributed by atoms with Gasteiger partial charge in [0.05, 0.1) is 0 Å². The van der Waals surface area contributed by atoms with Crippen LogP contribution in [-0.4, -0.2) is 0 Å². The van der Waals surface area contributed by atoms with E-state index in [0.717, 1.165) is 46.8 Å². The molecule has 0 radical (unpaired) electrons. The van der Waals surface area contributed by atoms with E-state index in [-0.39, 0.29) is 0 Å². The van der Waals surface area contributed by atoms with Crippen LogP contribution in [-0.2, 0) is 12.8 Å². The molecule has 0 spiro atoms. The Balaban J connectivity index is 2.42. The van der Waals surface area contributed by atoms with Gasteiger partial charge in [-0.3, -0.25) is 0 Å². The number of hydrogen-bond acceptors (Lipinski definition) is 3. The van der Waals surface area contributed by atoms with E-state index < -0.39 is 0 Å². The van der Waals surface area contributed by atoms with E-state index in [2.05, 4.69) is 13.8 Å². The zero-order valence-corrected chi connectivity index (χ0v) is 11.4. The lowest BCUT2D eigenvalue weighted by molar-refractivity contribution is 0.472. The molecule has 0 heterocycles. The topological polar surface area (TPSA) is 61.3 Å². The highest BCUT2D eigenvalue weighted by molar-refractivity contribution is 5.58. The lowest BCUT2D eigenvalue weighted by Crippen LogP contribution is -2.00. The van der Waals surface area contributed by atoms with Crippen LogP contribution in [0.1, 0.15) is 25.0 Å². The second-order valence-corrected chi connectivity index (χ2v) is 4.46. The molecule has 0 saturated heterocycles. The molecule has 0 aliphatic heterocycles. The number of benzene rings is 2. The quantitative estimate of drug-likeness (QED) is 0.818. The average Bonchev–Trinajstić information content (AvgIpc) is 2.39. The van der Waals surface area contributed by atoms with Gasteiger partial charge >= 0.3 is 0 Å². The molecular formula is C16H20N2O. The molecule has 0 aromatic heterocycles. The third-order valence-corrected chi connectivity index (χ3v) is 3.27. The first-order chi connectivity index (χ1) is 9.17. The van der Waals surface area contributed by atoms with Crippen molar-refractivity contribution >= 4 is 11.4 Å². The van der Waals surface area contributed by atoms with Gasteiger partial charge < -0.3 is 16.2 Å². The largest absolute Gasteiger partial charge is 0.457 e. The van der Waals surface area contributed by atoms with Crippen LogP contribution in [0.4, 0.5) is 11.4 Å². The highest BCUT2D eigenvalue weighted by atomic mass is 16.5. The normalized spacial score (nSPS) is 10.4. The first kappa shape index (κ1) is 13.3. The molecular weight excluding hydrogens is 236 g/mol. The Morgan fingerprint density at radius 1 is 0.789 bits per heavy atom. The predicted molar refractivity (Wildman–Crippen MR) is 80.5 cm³/mol. The van der Waals surface area contributed by atoms with Crippen molar-refractivity contribution in [2.45, 2.75) is 26.7 Å². The Hall–Kier alpha value is -2.16. The molecule has 100 valence electrons. The molecule has 3 nitrogen and oxygen atoms in total. The smallest absolute Gasteiger partial charge is 0.132 e. The molecule has 2 aromatic rings. The van der Waals surface area contributed by atoms with Crippen LogP contribution in [0.25, 0.3) is 0 Å². The first-order valence-corrected chi connectivity index (χ1v) is 6.59.